The maximum atomic E-state index is 13.0. The molecule has 1 aromatic carbocycles. The standard InChI is InChI=1S/C13H16ClF3N2O3S/c1-7(18-23(22)12(2,3)4)9-5-8(19(20)21)6-10(11(9)14)13(15,16)17/h5-7,18H,1-4H3/t7-,23?/m0/s1. The van der Waals surface area contributed by atoms with Gasteiger partial charge in [-0.15, -0.1) is 0 Å². The van der Waals surface area contributed by atoms with E-state index in [4.69, 9.17) is 11.6 Å². The summed E-state index contributed by atoms with van der Waals surface area (Å²) < 4.78 is 53.0. The predicted molar refractivity (Wildman–Crippen MR) is 82.6 cm³/mol. The maximum absolute atomic E-state index is 13.0. The lowest BCUT2D eigenvalue weighted by molar-refractivity contribution is -0.385. The van der Waals surface area contributed by atoms with E-state index in [1.165, 1.54) is 6.92 Å². The van der Waals surface area contributed by atoms with Crippen LogP contribution in [0.1, 0.15) is 44.9 Å². The Morgan fingerprint density at radius 2 is 1.83 bits per heavy atom. The highest BCUT2D eigenvalue weighted by Gasteiger charge is 2.37. The number of rotatable bonds is 4. The molecule has 1 N–H and O–H groups in total. The zero-order valence-corrected chi connectivity index (χ0v) is 14.4. The molecule has 10 heteroatoms. The van der Waals surface area contributed by atoms with Crippen molar-refractivity contribution in [2.24, 2.45) is 0 Å². The minimum Gasteiger partial charge on any atom is -0.258 e. The van der Waals surface area contributed by atoms with Crippen molar-refractivity contribution in [1.29, 1.82) is 0 Å². The Morgan fingerprint density at radius 1 is 1.30 bits per heavy atom. The molecular formula is C13H16ClF3N2O3S. The second-order valence-electron chi connectivity index (χ2n) is 5.87. The van der Waals surface area contributed by atoms with Gasteiger partial charge in [0, 0.05) is 18.2 Å². The first kappa shape index (κ1) is 19.9. The van der Waals surface area contributed by atoms with Crippen LogP contribution < -0.4 is 4.72 Å². The summed E-state index contributed by atoms with van der Waals surface area (Å²) in [6.45, 7) is 6.48. The summed E-state index contributed by atoms with van der Waals surface area (Å²) in [5.74, 6) is 0. The second kappa shape index (κ2) is 6.74. The molecule has 0 fully saturated rings. The van der Waals surface area contributed by atoms with Gasteiger partial charge in [-0.25, -0.2) is 8.93 Å². The molecule has 23 heavy (non-hydrogen) atoms. The van der Waals surface area contributed by atoms with Gasteiger partial charge in [0.25, 0.3) is 5.69 Å². The van der Waals surface area contributed by atoms with Crippen LogP contribution in [0.5, 0.6) is 0 Å². The Balaban J connectivity index is 3.37. The number of non-ortho nitro benzene ring substituents is 1. The van der Waals surface area contributed by atoms with Gasteiger partial charge in [-0.2, -0.15) is 13.2 Å². The average Bonchev–Trinajstić information content (AvgIpc) is 2.35. The van der Waals surface area contributed by atoms with Crippen LogP contribution in [0.2, 0.25) is 5.02 Å². The van der Waals surface area contributed by atoms with Crippen molar-refractivity contribution in [3.8, 4) is 0 Å². The molecule has 2 atom stereocenters. The van der Waals surface area contributed by atoms with Gasteiger partial charge in [-0.05, 0) is 33.3 Å². The second-order valence-corrected chi connectivity index (χ2v) is 8.25. The average molecular weight is 373 g/mol. The van der Waals surface area contributed by atoms with E-state index in [-0.39, 0.29) is 5.56 Å². The zero-order valence-electron chi connectivity index (χ0n) is 12.8. The minimum absolute atomic E-state index is 0.134. The van der Waals surface area contributed by atoms with E-state index in [1.54, 1.807) is 20.8 Å². The fourth-order valence-electron chi connectivity index (χ4n) is 1.66. The van der Waals surface area contributed by atoms with Gasteiger partial charge in [0.2, 0.25) is 0 Å². The molecule has 0 saturated heterocycles. The van der Waals surface area contributed by atoms with Gasteiger partial charge in [-0.3, -0.25) is 10.1 Å². The molecule has 1 unspecified atom stereocenters. The van der Waals surface area contributed by atoms with Crippen LogP contribution in [0.4, 0.5) is 18.9 Å². The Bertz CT molecular complexity index is 645. The fourth-order valence-corrected chi connectivity index (χ4v) is 2.84. The molecule has 0 saturated carbocycles. The van der Waals surface area contributed by atoms with Gasteiger partial charge in [0.1, 0.15) is 0 Å². The summed E-state index contributed by atoms with van der Waals surface area (Å²) in [4.78, 5) is 9.93. The normalized spacial score (nSPS) is 15.3. The molecule has 0 heterocycles. The van der Waals surface area contributed by atoms with Gasteiger partial charge >= 0.3 is 6.18 Å². The number of halogens is 4. The lowest BCUT2D eigenvalue weighted by atomic mass is 10.0. The number of hydrogen-bond donors (Lipinski definition) is 1. The summed E-state index contributed by atoms with van der Waals surface area (Å²) in [5, 5.41) is 10.2. The smallest absolute Gasteiger partial charge is 0.258 e. The first-order valence-electron chi connectivity index (χ1n) is 6.48. The predicted octanol–water partition coefficient (Wildman–Crippen LogP) is 4.38. The van der Waals surface area contributed by atoms with Crippen LogP contribution in [-0.4, -0.2) is 13.9 Å². The van der Waals surface area contributed by atoms with Crippen LogP contribution in [0.15, 0.2) is 12.1 Å². The summed E-state index contributed by atoms with van der Waals surface area (Å²) in [7, 11) is -1.58. The molecule has 5 nitrogen and oxygen atoms in total. The molecule has 0 amide bonds. The summed E-state index contributed by atoms with van der Waals surface area (Å²) in [5.41, 5.74) is -2.16. The van der Waals surface area contributed by atoms with E-state index in [9.17, 15) is 27.5 Å². The molecule has 1 rings (SSSR count). The SMILES string of the molecule is C[C@H](NS(=O)C(C)(C)C)c1cc([N+](=O)[O-])cc(C(F)(F)F)c1Cl. The topological polar surface area (TPSA) is 72.2 Å². The van der Waals surface area contributed by atoms with Crippen molar-refractivity contribution in [3.05, 3.63) is 38.4 Å². The van der Waals surface area contributed by atoms with Crippen LogP contribution in [0, 0.1) is 10.1 Å². The summed E-state index contributed by atoms with van der Waals surface area (Å²) in [6, 6.07) is 0.470. The van der Waals surface area contributed by atoms with E-state index in [0.717, 1.165) is 6.07 Å². The van der Waals surface area contributed by atoms with Gasteiger partial charge < -0.3 is 0 Å². The van der Waals surface area contributed by atoms with Crippen molar-refractivity contribution in [1.82, 2.24) is 4.72 Å². The highest BCUT2D eigenvalue weighted by atomic mass is 35.5. The summed E-state index contributed by atoms with van der Waals surface area (Å²) >= 11 is 5.78. The van der Waals surface area contributed by atoms with Gasteiger partial charge in [0.15, 0.2) is 0 Å². The monoisotopic (exact) mass is 372 g/mol. The van der Waals surface area contributed by atoms with Crippen molar-refractivity contribution in [2.75, 3.05) is 0 Å². The lowest BCUT2D eigenvalue weighted by Crippen LogP contribution is -2.35. The molecule has 0 radical (unpaired) electrons. The number of nitrogens with zero attached hydrogens (tertiary/aromatic N) is 1. The van der Waals surface area contributed by atoms with Crippen molar-refractivity contribution in [2.45, 2.75) is 44.7 Å². The number of hydrogen-bond acceptors (Lipinski definition) is 3. The van der Waals surface area contributed by atoms with Gasteiger partial charge in [-0.1, -0.05) is 11.6 Å². The number of nitrogens with one attached hydrogen (secondary N) is 1. The van der Waals surface area contributed by atoms with Crippen LogP contribution in [-0.2, 0) is 17.2 Å². The third-order valence-corrected chi connectivity index (χ3v) is 5.01. The maximum Gasteiger partial charge on any atom is 0.418 e. The van der Waals surface area contributed by atoms with Crippen LogP contribution >= 0.6 is 11.6 Å². The Kier molecular flexibility index (Phi) is 5.82. The number of nitro benzene ring substituents is 1. The lowest BCUT2D eigenvalue weighted by Gasteiger charge is -2.23. The number of nitro groups is 1. The molecule has 1 aromatic rings. The largest absolute Gasteiger partial charge is 0.418 e. The molecule has 0 aliphatic rings. The Labute approximate surface area is 138 Å². The highest BCUT2D eigenvalue weighted by molar-refractivity contribution is 7.84. The summed E-state index contributed by atoms with van der Waals surface area (Å²) in [6.07, 6.45) is -4.83. The van der Waals surface area contributed by atoms with E-state index in [1.807, 2.05) is 0 Å². The van der Waals surface area contributed by atoms with Crippen molar-refractivity contribution in [3.63, 3.8) is 0 Å². The minimum atomic E-state index is -4.83. The molecule has 0 aliphatic heterocycles. The quantitative estimate of drug-likeness (QED) is 0.629. The van der Waals surface area contributed by atoms with E-state index in [2.05, 4.69) is 4.72 Å². The highest BCUT2D eigenvalue weighted by Crippen LogP contribution is 2.40. The van der Waals surface area contributed by atoms with Crippen LogP contribution in [0.25, 0.3) is 0 Å². The molecular weight excluding hydrogens is 357 g/mol. The van der Waals surface area contributed by atoms with Crippen LogP contribution in [0.3, 0.4) is 0 Å². The third-order valence-electron chi connectivity index (χ3n) is 2.91. The van der Waals surface area contributed by atoms with E-state index >= 15 is 0 Å². The number of alkyl halides is 3. The molecule has 0 bridgehead atoms. The zero-order chi connectivity index (χ0) is 18.2. The van der Waals surface area contributed by atoms with Crippen molar-refractivity contribution >= 4 is 28.3 Å². The molecule has 0 aliphatic carbocycles. The fraction of sp³-hybridized carbons (Fsp3) is 0.538. The molecule has 0 aromatic heterocycles. The first-order chi connectivity index (χ1) is 10.2. The number of benzene rings is 1. The Hall–Kier alpha value is -1.19. The third kappa shape index (κ3) is 4.89. The van der Waals surface area contributed by atoms with Crippen molar-refractivity contribution < 1.29 is 22.3 Å². The molecule has 130 valence electrons. The molecule has 0 spiro atoms. The Morgan fingerprint density at radius 3 is 2.22 bits per heavy atom. The van der Waals surface area contributed by atoms with E-state index in [0.29, 0.717) is 6.07 Å². The van der Waals surface area contributed by atoms with E-state index < -0.39 is 49.1 Å². The first-order valence-corrected chi connectivity index (χ1v) is 8.01. The van der Waals surface area contributed by atoms with Gasteiger partial charge in [0.05, 0.1) is 31.2 Å².